The fourth-order valence-electron chi connectivity index (χ4n) is 3.39. The molecule has 3 aromatic rings. The molecule has 3 rings (SSSR count). The van der Waals surface area contributed by atoms with E-state index in [4.69, 9.17) is 0 Å². The maximum absolute atomic E-state index is 11.7. The monoisotopic (exact) mass is 307 g/mol. The van der Waals surface area contributed by atoms with Crippen molar-refractivity contribution in [2.75, 3.05) is 0 Å². The van der Waals surface area contributed by atoms with Gasteiger partial charge in [0.1, 0.15) is 0 Å². The minimum Gasteiger partial charge on any atom is -0.340 e. The van der Waals surface area contributed by atoms with Crippen LogP contribution in [0, 0.1) is 0 Å². The first-order chi connectivity index (χ1) is 11.2. The number of rotatable bonds is 7. The van der Waals surface area contributed by atoms with Crippen LogP contribution in [0.4, 0.5) is 0 Å². The molecule has 0 aliphatic rings. The Labute approximate surface area is 138 Å². The molecule has 2 heteroatoms. The molecular weight excluding hydrogens is 282 g/mol. The van der Waals surface area contributed by atoms with Crippen LogP contribution in [0.15, 0.2) is 42.5 Å². The number of aromatic nitrogens is 1. The Morgan fingerprint density at radius 3 is 2.43 bits per heavy atom. The highest BCUT2D eigenvalue weighted by atomic mass is 16.1. The Hall–Kier alpha value is -2.09. The molecule has 0 unspecified atom stereocenters. The van der Waals surface area contributed by atoms with E-state index in [1.807, 2.05) is 12.1 Å². The summed E-state index contributed by atoms with van der Waals surface area (Å²) in [5.74, 6) is 0.128. The van der Waals surface area contributed by atoms with Gasteiger partial charge < -0.3 is 4.57 Å². The number of carbonyl (C=O) groups is 1. The van der Waals surface area contributed by atoms with Crippen LogP contribution < -0.4 is 0 Å². The standard InChI is InChI=1S/C21H25NO/c1-3-4-5-6-9-14-22-20-11-8-7-10-18(20)19-15-17(16(2)23)12-13-21(19)22/h7-8,10-13,15H,3-6,9,14H2,1-2H3. The molecule has 0 aliphatic carbocycles. The third kappa shape index (κ3) is 3.17. The van der Waals surface area contributed by atoms with Gasteiger partial charge in [-0.2, -0.15) is 0 Å². The summed E-state index contributed by atoms with van der Waals surface area (Å²) in [5.41, 5.74) is 3.31. The molecule has 23 heavy (non-hydrogen) atoms. The van der Waals surface area contributed by atoms with Gasteiger partial charge in [-0.25, -0.2) is 0 Å². The van der Waals surface area contributed by atoms with Crippen molar-refractivity contribution in [2.45, 2.75) is 52.5 Å². The van der Waals surface area contributed by atoms with E-state index in [9.17, 15) is 4.79 Å². The van der Waals surface area contributed by atoms with E-state index in [1.54, 1.807) is 6.92 Å². The van der Waals surface area contributed by atoms with Crippen LogP contribution in [0.1, 0.15) is 56.3 Å². The van der Waals surface area contributed by atoms with E-state index >= 15 is 0 Å². The summed E-state index contributed by atoms with van der Waals surface area (Å²) < 4.78 is 2.42. The first-order valence-electron chi connectivity index (χ1n) is 8.74. The average molecular weight is 307 g/mol. The number of unbranched alkanes of at least 4 members (excludes halogenated alkanes) is 4. The fraction of sp³-hybridized carbons (Fsp3) is 0.381. The van der Waals surface area contributed by atoms with Gasteiger partial charge in [0, 0.05) is 33.9 Å². The normalized spacial score (nSPS) is 11.4. The number of carbonyl (C=O) groups excluding carboxylic acids is 1. The molecule has 0 amide bonds. The molecule has 0 atom stereocenters. The molecule has 1 aromatic heterocycles. The highest BCUT2D eigenvalue weighted by molar-refractivity contribution is 6.10. The second kappa shape index (κ2) is 6.99. The number of benzene rings is 2. The van der Waals surface area contributed by atoms with Crippen molar-refractivity contribution >= 4 is 27.6 Å². The van der Waals surface area contributed by atoms with Gasteiger partial charge in [-0.1, -0.05) is 50.8 Å². The molecule has 0 radical (unpaired) electrons. The summed E-state index contributed by atoms with van der Waals surface area (Å²) >= 11 is 0. The highest BCUT2D eigenvalue weighted by Crippen LogP contribution is 2.30. The number of Topliss-reactive ketones (excluding diaryl/α,β-unsaturated/α-hetero) is 1. The molecule has 1 heterocycles. The predicted octanol–water partition coefficient (Wildman–Crippen LogP) is 5.97. The summed E-state index contributed by atoms with van der Waals surface area (Å²) in [6, 6.07) is 14.6. The molecule has 2 aromatic carbocycles. The molecule has 0 spiro atoms. The van der Waals surface area contributed by atoms with Crippen molar-refractivity contribution in [1.29, 1.82) is 0 Å². The van der Waals surface area contributed by atoms with Gasteiger partial charge in [0.05, 0.1) is 0 Å². The van der Waals surface area contributed by atoms with E-state index in [0.29, 0.717) is 0 Å². The topological polar surface area (TPSA) is 22.0 Å². The van der Waals surface area contributed by atoms with Crippen LogP contribution in [-0.4, -0.2) is 10.4 Å². The molecule has 0 N–H and O–H groups in total. The van der Waals surface area contributed by atoms with Gasteiger partial charge in [0.2, 0.25) is 0 Å². The Balaban J connectivity index is 1.99. The third-order valence-corrected chi connectivity index (χ3v) is 4.66. The van der Waals surface area contributed by atoms with Gasteiger partial charge in [-0.05, 0) is 37.6 Å². The summed E-state index contributed by atoms with van der Waals surface area (Å²) in [4.78, 5) is 11.7. The molecule has 120 valence electrons. The predicted molar refractivity (Wildman–Crippen MR) is 98.2 cm³/mol. The fourth-order valence-corrected chi connectivity index (χ4v) is 3.39. The number of nitrogens with zero attached hydrogens (tertiary/aromatic N) is 1. The number of hydrogen-bond donors (Lipinski definition) is 0. The second-order valence-electron chi connectivity index (χ2n) is 6.37. The molecule has 0 aliphatic heterocycles. The quantitative estimate of drug-likeness (QED) is 0.389. The zero-order valence-electron chi connectivity index (χ0n) is 14.1. The van der Waals surface area contributed by atoms with Crippen LogP contribution in [0.3, 0.4) is 0 Å². The molecular formula is C21H25NO. The summed E-state index contributed by atoms with van der Waals surface area (Å²) in [6.45, 7) is 4.93. The lowest BCUT2D eigenvalue weighted by Gasteiger charge is -2.07. The minimum absolute atomic E-state index is 0.128. The van der Waals surface area contributed by atoms with Crippen LogP contribution in [0.2, 0.25) is 0 Å². The first kappa shape index (κ1) is 15.8. The maximum Gasteiger partial charge on any atom is 0.159 e. The van der Waals surface area contributed by atoms with E-state index in [0.717, 1.165) is 12.1 Å². The molecule has 0 saturated heterocycles. The zero-order chi connectivity index (χ0) is 16.2. The van der Waals surface area contributed by atoms with Crippen LogP contribution in [0.25, 0.3) is 21.8 Å². The number of para-hydroxylation sites is 1. The van der Waals surface area contributed by atoms with Crippen molar-refractivity contribution in [3.63, 3.8) is 0 Å². The van der Waals surface area contributed by atoms with E-state index < -0.39 is 0 Å². The lowest BCUT2D eigenvalue weighted by atomic mass is 10.1. The van der Waals surface area contributed by atoms with E-state index in [-0.39, 0.29) is 5.78 Å². The van der Waals surface area contributed by atoms with Crippen molar-refractivity contribution in [2.24, 2.45) is 0 Å². The number of hydrogen-bond acceptors (Lipinski definition) is 1. The van der Waals surface area contributed by atoms with Crippen molar-refractivity contribution in [3.8, 4) is 0 Å². The average Bonchev–Trinajstić information content (AvgIpc) is 2.88. The lowest BCUT2D eigenvalue weighted by molar-refractivity contribution is 0.101. The minimum atomic E-state index is 0.128. The smallest absolute Gasteiger partial charge is 0.159 e. The first-order valence-corrected chi connectivity index (χ1v) is 8.74. The van der Waals surface area contributed by atoms with E-state index in [1.165, 1.54) is 53.9 Å². The van der Waals surface area contributed by atoms with Crippen molar-refractivity contribution < 1.29 is 4.79 Å². The maximum atomic E-state index is 11.7. The second-order valence-corrected chi connectivity index (χ2v) is 6.37. The van der Waals surface area contributed by atoms with Gasteiger partial charge >= 0.3 is 0 Å². The SMILES string of the molecule is CCCCCCCn1c2ccccc2c2cc(C(C)=O)ccc21. The Bertz CT molecular complexity index is 828. The van der Waals surface area contributed by atoms with Crippen molar-refractivity contribution in [3.05, 3.63) is 48.0 Å². The van der Waals surface area contributed by atoms with Crippen LogP contribution in [-0.2, 0) is 6.54 Å². The van der Waals surface area contributed by atoms with Gasteiger partial charge in [-0.3, -0.25) is 4.79 Å². The molecule has 0 bridgehead atoms. The Kier molecular flexibility index (Phi) is 4.80. The summed E-state index contributed by atoms with van der Waals surface area (Å²) in [7, 11) is 0. The van der Waals surface area contributed by atoms with Gasteiger partial charge in [-0.15, -0.1) is 0 Å². The van der Waals surface area contributed by atoms with Crippen LogP contribution in [0.5, 0.6) is 0 Å². The largest absolute Gasteiger partial charge is 0.340 e. The highest BCUT2D eigenvalue weighted by Gasteiger charge is 2.11. The third-order valence-electron chi connectivity index (χ3n) is 4.66. The van der Waals surface area contributed by atoms with Gasteiger partial charge in [0.25, 0.3) is 0 Å². The Morgan fingerprint density at radius 2 is 1.65 bits per heavy atom. The summed E-state index contributed by atoms with van der Waals surface area (Å²) in [5, 5.41) is 2.45. The number of ketones is 1. The lowest BCUT2D eigenvalue weighted by Crippen LogP contribution is -1.98. The summed E-state index contributed by atoms with van der Waals surface area (Å²) in [6.07, 6.45) is 6.43. The molecule has 0 fully saturated rings. The zero-order valence-corrected chi connectivity index (χ0v) is 14.1. The van der Waals surface area contributed by atoms with Crippen molar-refractivity contribution in [1.82, 2.24) is 4.57 Å². The van der Waals surface area contributed by atoms with Crippen LogP contribution >= 0.6 is 0 Å². The number of aryl methyl sites for hydroxylation is 1. The number of fused-ring (bicyclic) bond motifs is 3. The molecule has 0 saturated carbocycles. The van der Waals surface area contributed by atoms with E-state index in [2.05, 4.69) is 41.8 Å². The van der Waals surface area contributed by atoms with Gasteiger partial charge in [0.15, 0.2) is 5.78 Å². The Morgan fingerprint density at radius 1 is 0.913 bits per heavy atom. The molecule has 2 nitrogen and oxygen atoms in total.